The molecular weight excluding hydrogens is 464 g/mol. The van der Waals surface area contributed by atoms with Gasteiger partial charge in [-0.2, -0.15) is 0 Å². The number of nitrogens with zero attached hydrogens (tertiary/aromatic N) is 2. The first kappa shape index (κ1) is 22.2. The molecule has 2 aromatic carbocycles. The van der Waals surface area contributed by atoms with E-state index in [0.717, 1.165) is 11.1 Å². The van der Waals surface area contributed by atoms with Gasteiger partial charge in [0.2, 0.25) is 11.8 Å². The lowest BCUT2D eigenvalue weighted by Crippen LogP contribution is -2.44. The minimum Gasteiger partial charge on any atom is -0.302 e. The number of rotatable bonds is 6. The fourth-order valence-electron chi connectivity index (χ4n) is 4.51. The SMILES string of the molecule is O=C(Nc1nccs1)[C@@H]1[C@H](C(=O)Nc2nccs2)[C@H](c2ccccc2)C=C[C@H]1c1ccccc1. The van der Waals surface area contributed by atoms with E-state index in [1.54, 1.807) is 12.4 Å². The van der Waals surface area contributed by atoms with E-state index in [4.69, 9.17) is 0 Å². The molecule has 0 aliphatic heterocycles. The summed E-state index contributed by atoms with van der Waals surface area (Å²) < 4.78 is 0. The standard InChI is InChI=1S/C26H22N4O2S2/c31-23(29-25-27-13-15-33-25)21-19(17-7-3-1-4-8-17)11-12-20(18-9-5-2-6-10-18)22(21)24(32)30-26-28-14-16-34-26/h1-16,19-22H,(H,27,29,31)(H,28,30,32)/t19-,20-,21-,22+/m0/s1. The molecule has 2 aromatic heterocycles. The first-order chi connectivity index (χ1) is 16.7. The fourth-order valence-corrected chi connectivity index (χ4v) is 5.58. The van der Waals surface area contributed by atoms with E-state index in [-0.39, 0.29) is 23.7 Å². The van der Waals surface area contributed by atoms with Crippen LogP contribution in [0.3, 0.4) is 0 Å². The Labute approximate surface area is 205 Å². The highest BCUT2D eigenvalue weighted by atomic mass is 32.1. The van der Waals surface area contributed by atoms with Gasteiger partial charge in [0, 0.05) is 35.0 Å². The molecule has 2 N–H and O–H groups in total. The van der Waals surface area contributed by atoms with Gasteiger partial charge in [-0.3, -0.25) is 9.59 Å². The highest BCUT2D eigenvalue weighted by Gasteiger charge is 2.46. The molecular formula is C26H22N4O2S2. The van der Waals surface area contributed by atoms with Crippen molar-refractivity contribution in [3.8, 4) is 0 Å². The number of hydrogen-bond acceptors (Lipinski definition) is 6. The maximum atomic E-state index is 13.8. The Hall–Kier alpha value is -3.62. The molecule has 34 heavy (non-hydrogen) atoms. The van der Waals surface area contributed by atoms with Gasteiger partial charge < -0.3 is 10.6 Å². The van der Waals surface area contributed by atoms with Crippen molar-refractivity contribution in [1.29, 1.82) is 0 Å². The molecule has 5 rings (SSSR count). The van der Waals surface area contributed by atoms with Crippen molar-refractivity contribution in [2.75, 3.05) is 10.6 Å². The van der Waals surface area contributed by atoms with Gasteiger partial charge in [-0.15, -0.1) is 22.7 Å². The highest BCUT2D eigenvalue weighted by Crippen LogP contribution is 2.45. The Balaban J connectivity index is 1.59. The van der Waals surface area contributed by atoms with Crippen LogP contribution in [0.15, 0.2) is 96.0 Å². The quantitative estimate of drug-likeness (QED) is 0.350. The lowest BCUT2D eigenvalue weighted by atomic mass is 9.65. The topological polar surface area (TPSA) is 84.0 Å². The highest BCUT2D eigenvalue weighted by molar-refractivity contribution is 7.14. The second-order valence-corrected chi connectivity index (χ2v) is 9.75. The molecule has 0 unspecified atom stereocenters. The summed E-state index contributed by atoms with van der Waals surface area (Å²) in [6, 6.07) is 19.7. The summed E-state index contributed by atoms with van der Waals surface area (Å²) in [5.74, 6) is -2.30. The van der Waals surface area contributed by atoms with Crippen LogP contribution in [0.4, 0.5) is 10.3 Å². The second kappa shape index (κ2) is 10.1. The average Bonchev–Trinajstić information content (AvgIpc) is 3.59. The third-order valence-corrected chi connectivity index (χ3v) is 7.36. The number of benzene rings is 2. The summed E-state index contributed by atoms with van der Waals surface area (Å²) >= 11 is 2.71. The van der Waals surface area contributed by atoms with Crippen molar-refractivity contribution < 1.29 is 9.59 Å². The van der Waals surface area contributed by atoms with Crippen LogP contribution in [-0.4, -0.2) is 21.8 Å². The minimum atomic E-state index is -0.651. The van der Waals surface area contributed by atoms with Gasteiger partial charge in [0.25, 0.3) is 0 Å². The summed E-state index contributed by atoms with van der Waals surface area (Å²) in [6.45, 7) is 0. The van der Waals surface area contributed by atoms with Crippen LogP contribution >= 0.6 is 22.7 Å². The van der Waals surface area contributed by atoms with Crippen molar-refractivity contribution in [2.24, 2.45) is 11.8 Å². The van der Waals surface area contributed by atoms with Crippen LogP contribution in [0.2, 0.25) is 0 Å². The molecule has 6 nitrogen and oxygen atoms in total. The first-order valence-corrected chi connectivity index (χ1v) is 12.7. The molecule has 1 aliphatic rings. The van der Waals surface area contributed by atoms with E-state index in [2.05, 4.69) is 32.8 Å². The molecule has 8 heteroatoms. The molecule has 1 aliphatic carbocycles. The van der Waals surface area contributed by atoms with E-state index < -0.39 is 11.8 Å². The zero-order chi connectivity index (χ0) is 23.3. The molecule has 0 radical (unpaired) electrons. The molecule has 170 valence electrons. The smallest absolute Gasteiger partial charge is 0.231 e. The number of allylic oxidation sites excluding steroid dienone is 2. The summed E-state index contributed by atoms with van der Waals surface area (Å²) in [7, 11) is 0. The molecule has 0 spiro atoms. The third-order valence-electron chi connectivity index (χ3n) is 5.99. The van der Waals surface area contributed by atoms with Gasteiger partial charge in [-0.05, 0) is 11.1 Å². The molecule has 4 aromatic rings. The zero-order valence-electron chi connectivity index (χ0n) is 18.1. The van der Waals surface area contributed by atoms with E-state index in [0.29, 0.717) is 10.3 Å². The number of amides is 2. The normalized spacial score (nSPS) is 21.6. The number of aromatic nitrogens is 2. The van der Waals surface area contributed by atoms with Crippen molar-refractivity contribution in [1.82, 2.24) is 9.97 Å². The molecule has 2 heterocycles. The van der Waals surface area contributed by atoms with Crippen LogP contribution in [0.1, 0.15) is 23.0 Å². The number of anilines is 2. The lowest BCUT2D eigenvalue weighted by molar-refractivity contribution is -0.130. The van der Waals surface area contributed by atoms with E-state index in [9.17, 15) is 9.59 Å². The molecule has 0 fully saturated rings. The largest absolute Gasteiger partial charge is 0.302 e. The summed E-state index contributed by atoms with van der Waals surface area (Å²) in [4.78, 5) is 36.0. The summed E-state index contributed by atoms with van der Waals surface area (Å²) in [6.07, 6.45) is 7.42. The maximum absolute atomic E-state index is 13.8. The van der Waals surface area contributed by atoms with Gasteiger partial charge in [-0.25, -0.2) is 9.97 Å². The Kier molecular flexibility index (Phi) is 6.60. The maximum Gasteiger partial charge on any atom is 0.231 e. The number of carbonyl (C=O) groups is 2. The fraction of sp³-hybridized carbons (Fsp3) is 0.154. The number of nitrogens with one attached hydrogen (secondary N) is 2. The third kappa shape index (κ3) is 4.69. The van der Waals surface area contributed by atoms with Gasteiger partial charge in [0.1, 0.15) is 0 Å². The lowest BCUT2D eigenvalue weighted by Gasteiger charge is -2.38. The van der Waals surface area contributed by atoms with Gasteiger partial charge in [-0.1, -0.05) is 72.8 Å². The number of hydrogen-bond donors (Lipinski definition) is 2. The predicted molar refractivity (Wildman–Crippen MR) is 136 cm³/mol. The zero-order valence-corrected chi connectivity index (χ0v) is 19.7. The molecule has 4 atom stereocenters. The van der Waals surface area contributed by atoms with Crippen molar-refractivity contribution >= 4 is 44.8 Å². The van der Waals surface area contributed by atoms with Crippen molar-refractivity contribution in [3.63, 3.8) is 0 Å². The van der Waals surface area contributed by atoms with Crippen LogP contribution in [0.5, 0.6) is 0 Å². The second-order valence-electron chi connectivity index (χ2n) is 7.96. The monoisotopic (exact) mass is 486 g/mol. The van der Waals surface area contributed by atoms with Gasteiger partial charge in [0.15, 0.2) is 10.3 Å². The van der Waals surface area contributed by atoms with Crippen LogP contribution in [-0.2, 0) is 9.59 Å². The van der Waals surface area contributed by atoms with Crippen LogP contribution in [0, 0.1) is 11.8 Å². The molecule has 0 saturated heterocycles. The number of thiazole rings is 2. The van der Waals surface area contributed by atoms with Crippen molar-refractivity contribution in [2.45, 2.75) is 11.8 Å². The average molecular weight is 487 g/mol. The Morgan fingerprint density at radius 1 is 0.647 bits per heavy atom. The molecule has 2 amide bonds. The molecule has 0 bridgehead atoms. The van der Waals surface area contributed by atoms with Crippen LogP contribution < -0.4 is 10.6 Å². The number of carbonyl (C=O) groups excluding carboxylic acids is 2. The Morgan fingerprint density at radius 3 is 1.41 bits per heavy atom. The van der Waals surface area contributed by atoms with E-state index in [1.807, 2.05) is 71.4 Å². The Bertz CT molecular complexity index is 1160. The van der Waals surface area contributed by atoms with Gasteiger partial charge >= 0.3 is 0 Å². The molecule has 0 saturated carbocycles. The predicted octanol–water partition coefficient (Wildman–Crippen LogP) is 5.55. The Morgan fingerprint density at radius 2 is 1.06 bits per heavy atom. The minimum absolute atomic E-state index is 0.228. The van der Waals surface area contributed by atoms with Crippen LogP contribution in [0.25, 0.3) is 0 Å². The first-order valence-electron chi connectivity index (χ1n) is 10.9. The summed E-state index contributed by atoms with van der Waals surface area (Å²) in [5, 5.41) is 10.5. The summed E-state index contributed by atoms with van der Waals surface area (Å²) in [5.41, 5.74) is 1.97. The van der Waals surface area contributed by atoms with Crippen molar-refractivity contribution in [3.05, 3.63) is 107 Å². The van der Waals surface area contributed by atoms with E-state index in [1.165, 1.54) is 22.7 Å². The van der Waals surface area contributed by atoms with Gasteiger partial charge in [0.05, 0.1) is 11.8 Å². The van der Waals surface area contributed by atoms with E-state index >= 15 is 0 Å².